The van der Waals surface area contributed by atoms with Crippen molar-refractivity contribution in [2.24, 2.45) is 5.73 Å². The smallest absolute Gasteiger partial charge is 0.273 e. The average Bonchev–Trinajstić information content (AvgIpc) is 3.14. The van der Waals surface area contributed by atoms with Crippen molar-refractivity contribution in [2.75, 3.05) is 0 Å². The number of aromatic nitrogens is 5. The Bertz CT molecular complexity index is 1200. The second-order valence-electron chi connectivity index (χ2n) is 5.85. The molecule has 0 spiro atoms. The first-order valence-corrected chi connectivity index (χ1v) is 7.87. The first kappa shape index (κ1) is 15.1. The molecule has 0 aliphatic carbocycles. The van der Waals surface area contributed by atoms with Gasteiger partial charge >= 0.3 is 0 Å². The van der Waals surface area contributed by atoms with Gasteiger partial charge in [0.15, 0.2) is 5.65 Å². The number of fused-ring (bicyclic) bond motifs is 2. The molecule has 0 fully saturated rings. The number of primary amides is 1. The SMILES string of the molecule is CCn1ncc2cc(-c3cc(=O)n4[nH]c(C)c(C(N)=O)c4n3)ccc21. The van der Waals surface area contributed by atoms with Crippen molar-refractivity contribution in [1.29, 1.82) is 0 Å². The topological polar surface area (TPSA) is 111 Å². The monoisotopic (exact) mass is 336 g/mol. The summed E-state index contributed by atoms with van der Waals surface area (Å²) in [5.41, 5.74) is 8.36. The summed E-state index contributed by atoms with van der Waals surface area (Å²) in [5.74, 6) is -0.625. The van der Waals surface area contributed by atoms with E-state index in [1.54, 1.807) is 13.1 Å². The van der Waals surface area contributed by atoms with E-state index in [1.165, 1.54) is 10.6 Å². The van der Waals surface area contributed by atoms with Gasteiger partial charge < -0.3 is 5.73 Å². The van der Waals surface area contributed by atoms with Crippen LogP contribution < -0.4 is 11.3 Å². The van der Waals surface area contributed by atoms with Crippen LogP contribution in [0.4, 0.5) is 0 Å². The summed E-state index contributed by atoms with van der Waals surface area (Å²) in [4.78, 5) is 28.6. The molecule has 25 heavy (non-hydrogen) atoms. The number of aromatic amines is 1. The fourth-order valence-electron chi connectivity index (χ4n) is 3.09. The summed E-state index contributed by atoms with van der Waals surface area (Å²) in [5, 5.41) is 8.10. The molecule has 126 valence electrons. The van der Waals surface area contributed by atoms with Gasteiger partial charge in [0, 0.05) is 29.3 Å². The Morgan fingerprint density at radius 2 is 2.12 bits per heavy atom. The number of hydrogen-bond donors (Lipinski definition) is 2. The van der Waals surface area contributed by atoms with Crippen molar-refractivity contribution in [2.45, 2.75) is 20.4 Å². The Balaban J connectivity index is 1.96. The van der Waals surface area contributed by atoms with Gasteiger partial charge in [0.1, 0.15) is 5.56 Å². The molecular weight excluding hydrogens is 320 g/mol. The lowest BCUT2D eigenvalue weighted by Crippen LogP contribution is -2.16. The zero-order valence-corrected chi connectivity index (χ0v) is 13.8. The highest BCUT2D eigenvalue weighted by Gasteiger charge is 2.17. The number of amides is 1. The highest BCUT2D eigenvalue weighted by Crippen LogP contribution is 2.23. The van der Waals surface area contributed by atoms with Crippen molar-refractivity contribution >= 4 is 22.5 Å². The van der Waals surface area contributed by atoms with Crippen LogP contribution in [0.15, 0.2) is 35.3 Å². The van der Waals surface area contributed by atoms with Gasteiger partial charge in [-0.25, -0.2) is 9.50 Å². The van der Waals surface area contributed by atoms with Crippen LogP contribution in [-0.4, -0.2) is 30.3 Å². The summed E-state index contributed by atoms with van der Waals surface area (Å²) in [6.07, 6.45) is 1.78. The van der Waals surface area contributed by atoms with E-state index in [0.29, 0.717) is 11.4 Å². The maximum atomic E-state index is 12.4. The Kier molecular flexibility index (Phi) is 3.21. The predicted octanol–water partition coefficient (Wildman–Crippen LogP) is 1.47. The lowest BCUT2D eigenvalue weighted by molar-refractivity contribution is 0.100. The Morgan fingerprint density at radius 3 is 2.84 bits per heavy atom. The van der Waals surface area contributed by atoms with E-state index in [1.807, 2.05) is 29.8 Å². The van der Waals surface area contributed by atoms with Crippen LogP contribution in [0.25, 0.3) is 27.8 Å². The van der Waals surface area contributed by atoms with Crippen LogP contribution in [0.3, 0.4) is 0 Å². The molecular formula is C17H16N6O2. The van der Waals surface area contributed by atoms with E-state index in [-0.39, 0.29) is 16.8 Å². The van der Waals surface area contributed by atoms with Crippen molar-refractivity contribution in [3.8, 4) is 11.3 Å². The molecule has 0 aliphatic heterocycles. The maximum Gasteiger partial charge on any atom is 0.273 e. The quantitative estimate of drug-likeness (QED) is 0.590. The first-order valence-electron chi connectivity index (χ1n) is 7.87. The molecule has 0 atom stereocenters. The number of carbonyl (C=O) groups is 1. The van der Waals surface area contributed by atoms with Crippen molar-refractivity contribution in [1.82, 2.24) is 24.4 Å². The number of nitrogens with one attached hydrogen (secondary N) is 1. The molecule has 0 bridgehead atoms. The van der Waals surface area contributed by atoms with E-state index in [4.69, 9.17) is 5.73 Å². The molecule has 4 aromatic rings. The largest absolute Gasteiger partial charge is 0.365 e. The summed E-state index contributed by atoms with van der Waals surface area (Å²) >= 11 is 0. The van der Waals surface area contributed by atoms with Gasteiger partial charge in [0.05, 0.1) is 17.4 Å². The molecule has 1 amide bonds. The van der Waals surface area contributed by atoms with Crippen LogP contribution in [0.1, 0.15) is 23.0 Å². The first-order chi connectivity index (χ1) is 12.0. The molecule has 0 saturated carbocycles. The van der Waals surface area contributed by atoms with Crippen LogP contribution in [0, 0.1) is 6.92 Å². The minimum Gasteiger partial charge on any atom is -0.365 e. The van der Waals surface area contributed by atoms with Gasteiger partial charge in [0.25, 0.3) is 11.5 Å². The lowest BCUT2D eigenvalue weighted by atomic mass is 10.1. The van der Waals surface area contributed by atoms with Crippen LogP contribution in [0.2, 0.25) is 0 Å². The third-order valence-corrected chi connectivity index (χ3v) is 4.28. The number of benzene rings is 1. The summed E-state index contributed by atoms with van der Waals surface area (Å²) < 4.78 is 3.12. The Morgan fingerprint density at radius 1 is 1.32 bits per heavy atom. The number of nitrogens with two attached hydrogens (primary N) is 1. The highest BCUT2D eigenvalue weighted by atomic mass is 16.1. The van der Waals surface area contributed by atoms with Gasteiger partial charge in [-0.1, -0.05) is 6.07 Å². The van der Waals surface area contributed by atoms with E-state index in [9.17, 15) is 9.59 Å². The van der Waals surface area contributed by atoms with E-state index in [0.717, 1.165) is 23.0 Å². The summed E-state index contributed by atoms with van der Waals surface area (Å²) in [7, 11) is 0. The van der Waals surface area contributed by atoms with Crippen molar-refractivity contribution < 1.29 is 4.79 Å². The molecule has 3 heterocycles. The molecule has 3 aromatic heterocycles. The molecule has 4 rings (SSSR count). The summed E-state index contributed by atoms with van der Waals surface area (Å²) in [6, 6.07) is 7.19. The van der Waals surface area contributed by atoms with E-state index >= 15 is 0 Å². The molecule has 0 radical (unpaired) electrons. The molecule has 0 saturated heterocycles. The van der Waals surface area contributed by atoms with Gasteiger partial charge in [0.2, 0.25) is 0 Å². The number of H-pyrrole nitrogens is 1. The van der Waals surface area contributed by atoms with Crippen molar-refractivity contribution in [3.05, 3.63) is 52.1 Å². The Labute approximate surface area is 141 Å². The maximum absolute atomic E-state index is 12.4. The van der Waals surface area contributed by atoms with Crippen LogP contribution in [0.5, 0.6) is 0 Å². The molecule has 8 nitrogen and oxygen atoms in total. The zero-order valence-electron chi connectivity index (χ0n) is 13.8. The number of rotatable bonds is 3. The van der Waals surface area contributed by atoms with Crippen LogP contribution >= 0.6 is 0 Å². The number of nitrogens with zero attached hydrogens (tertiary/aromatic N) is 4. The molecule has 3 N–H and O–H groups in total. The number of carbonyl (C=O) groups excluding carboxylic acids is 1. The molecule has 8 heteroatoms. The molecule has 0 unspecified atom stereocenters. The third kappa shape index (κ3) is 2.22. The minimum absolute atomic E-state index is 0.221. The normalized spacial score (nSPS) is 11.4. The van der Waals surface area contributed by atoms with Gasteiger partial charge in [-0.15, -0.1) is 0 Å². The minimum atomic E-state index is -0.625. The molecule has 0 aliphatic rings. The average molecular weight is 336 g/mol. The zero-order chi connectivity index (χ0) is 17.7. The second-order valence-corrected chi connectivity index (χ2v) is 5.85. The highest BCUT2D eigenvalue weighted by molar-refractivity contribution is 6.00. The van der Waals surface area contributed by atoms with E-state index in [2.05, 4.69) is 15.2 Å². The van der Waals surface area contributed by atoms with Crippen molar-refractivity contribution in [3.63, 3.8) is 0 Å². The second kappa shape index (κ2) is 5.30. The van der Waals surface area contributed by atoms with Gasteiger partial charge in [-0.3, -0.25) is 19.4 Å². The van der Waals surface area contributed by atoms with Gasteiger partial charge in [-0.2, -0.15) is 5.10 Å². The third-order valence-electron chi connectivity index (χ3n) is 4.28. The summed E-state index contributed by atoms with van der Waals surface area (Å²) in [6.45, 7) is 4.48. The Hall–Kier alpha value is -3.42. The standard InChI is InChI=1S/C17H16N6O2/c1-3-22-13-5-4-10(6-11(13)8-19-22)12-7-14(24)23-17(20-12)15(16(18)25)9(2)21-23/h4-8,21H,3H2,1-2H3,(H2,18,25). The fraction of sp³-hybridized carbons (Fsp3) is 0.176. The predicted molar refractivity (Wildman–Crippen MR) is 93.5 cm³/mol. The van der Waals surface area contributed by atoms with E-state index < -0.39 is 5.91 Å². The lowest BCUT2D eigenvalue weighted by Gasteiger charge is -2.04. The fourth-order valence-corrected chi connectivity index (χ4v) is 3.09. The molecule has 1 aromatic carbocycles. The van der Waals surface area contributed by atoms with Gasteiger partial charge in [-0.05, 0) is 26.0 Å². The number of aryl methyl sites for hydroxylation is 2. The van der Waals surface area contributed by atoms with Crippen LogP contribution in [-0.2, 0) is 6.54 Å². The number of hydrogen-bond acceptors (Lipinski definition) is 4.